The van der Waals surface area contributed by atoms with Crippen LogP contribution in [0.25, 0.3) is 23.1 Å². The Morgan fingerprint density at radius 2 is 1.65 bits per heavy atom. The van der Waals surface area contributed by atoms with E-state index in [-0.39, 0.29) is 11.4 Å². The molecule has 2 aromatic carbocycles. The number of rotatable bonds is 3. The lowest BCUT2D eigenvalue weighted by Gasteiger charge is -2.21. The van der Waals surface area contributed by atoms with Gasteiger partial charge in [0.2, 0.25) is 0 Å². The lowest BCUT2D eigenvalue weighted by Crippen LogP contribution is -2.26. The molecule has 0 unspecified atom stereocenters. The molecule has 0 radical (unpaired) electrons. The Bertz CT molecular complexity index is 838. The van der Waals surface area contributed by atoms with Crippen LogP contribution in [0.5, 0.6) is 0 Å². The molecule has 0 aliphatic heterocycles. The van der Waals surface area contributed by atoms with Crippen LogP contribution >= 0.6 is 0 Å². The molecular weight excluding hydrogens is 289 g/mol. The fourth-order valence-corrected chi connectivity index (χ4v) is 2.43. The van der Waals surface area contributed by atoms with Crippen molar-refractivity contribution in [1.29, 1.82) is 0 Å². The molecule has 0 bridgehead atoms. The quantitative estimate of drug-likeness (QED) is 0.646. The fourth-order valence-electron chi connectivity index (χ4n) is 2.43. The minimum Gasteiger partial charge on any atom is -0.454 e. The van der Waals surface area contributed by atoms with E-state index in [0.717, 1.165) is 28.0 Å². The lowest BCUT2D eigenvalue weighted by molar-refractivity contribution is 0.595. The molecule has 1 heterocycles. The third-order valence-electron chi connectivity index (χ3n) is 3.42. The van der Waals surface area contributed by atoms with Crippen molar-refractivity contribution in [3.63, 3.8) is 0 Å². The van der Waals surface area contributed by atoms with Crippen LogP contribution in [0.1, 0.15) is 32.1 Å². The molecule has 3 heteroatoms. The predicted molar refractivity (Wildman–Crippen MR) is 94.9 cm³/mol. The second-order valence-corrected chi connectivity index (χ2v) is 6.60. The van der Waals surface area contributed by atoms with E-state index in [1.807, 2.05) is 36.4 Å². The van der Waals surface area contributed by atoms with E-state index in [1.165, 1.54) is 12.1 Å². The second kappa shape index (κ2) is 5.92. The molecular formula is C20H20FNO. The molecule has 118 valence electrons. The summed E-state index contributed by atoms with van der Waals surface area (Å²) < 4.78 is 19.0. The van der Waals surface area contributed by atoms with Gasteiger partial charge in [0, 0.05) is 10.9 Å². The zero-order valence-electron chi connectivity index (χ0n) is 13.6. The Hall–Kier alpha value is -2.55. The largest absolute Gasteiger partial charge is 0.454 e. The lowest BCUT2D eigenvalue weighted by atomic mass is 10.1. The Labute approximate surface area is 135 Å². The fraction of sp³-hybridized carbons (Fsp3) is 0.200. The van der Waals surface area contributed by atoms with Crippen LogP contribution in [0.15, 0.2) is 52.9 Å². The number of anilines is 1. The molecule has 3 rings (SSSR count). The molecule has 0 amide bonds. The summed E-state index contributed by atoms with van der Waals surface area (Å²) >= 11 is 0. The summed E-state index contributed by atoms with van der Waals surface area (Å²) in [6.45, 7) is 6.34. The van der Waals surface area contributed by atoms with Crippen LogP contribution in [0.4, 0.5) is 10.1 Å². The molecule has 2 nitrogen and oxygen atoms in total. The standard InChI is InChI=1S/C20H20FNO/c1-20(2,3)22-19-16-6-4-5-7-17(16)23-18(19)13-10-14-8-11-15(21)12-9-14/h4-13,22H,1-3H3/b13-10+. The molecule has 0 aliphatic carbocycles. The first-order chi connectivity index (χ1) is 10.9. The van der Waals surface area contributed by atoms with Crippen LogP contribution in [0, 0.1) is 5.82 Å². The van der Waals surface area contributed by atoms with Gasteiger partial charge in [0.25, 0.3) is 0 Å². The summed E-state index contributed by atoms with van der Waals surface area (Å²) in [5, 5.41) is 4.57. The summed E-state index contributed by atoms with van der Waals surface area (Å²) in [7, 11) is 0. The first-order valence-corrected chi connectivity index (χ1v) is 7.66. The summed E-state index contributed by atoms with van der Waals surface area (Å²) in [4.78, 5) is 0. The van der Waals surface area contributed by atoms with Crippen molar-refractivity contribution in [2.45, 2.75) is 26.3 Å². The van der Waals surface area contributed by atoms with Gasteiger partial charge < -0.3 is 9.73 Å². The SMILES string of the molecule is CC(C)(C)Nc1c(/C=C/c2ccc(F)cc2)oc2ccccc12. The molecule has 1 aromatic heterocycles. The van der Waals surface area contributed by atoms with Crippen LogP contribution in [-0.4, -0.2) is 5.54 Å². The summed E-state index contributed by atoms with van der Waals surface area (Å²) in [5.74, 6) is 0.534. The van der Waals surface area contributed by atoms with Crippen molar-refractivity contribution in [1.82, 2.24) is 0 Å². The van der Waals surface area contributed by atoms with Gasteiger partial charge in [0.05, 0.1) is 5.69 Å². The third kappa shape index (κ3) is 3.62. The number of furan rings is 1. The molecule has 1 N–H and O–H groups in total. The van der Waals surface area contributed by atoms with Crippen LogP contribution < -0.4 is 5.32 Å². The number of nitrogens with one attached hydrogen (secondary N) is 1. The van der Waals surface area contributed by atoms with Gasteiger partial charge in [-0.15, -0.1) is 0 Å². The maximum atomic E-state index is 13.0. The Kier molecular flexibility index (Phi) is 3.95. The van der Waals surface area contributed by atoms with E-state index in [0.29, 0.717) is 0 Å². The van der Waals surface area contributed by atoms with Crippen molar-refractivity contribution in [3.05, 3.63) is 65.7 Å². The first-order valence-electron chi connectivity index (χ1n) is 7.66. The zero-order valence-corrected chi connectivity index (χ0v) is 13.6. The van der Waals surface area contributed by atoms with Gasteiger partial charge in [-0.2, -0.15) is 0 Å². The van der Waals surface area contributed by atoms with Gasteiger partial charge in [-0.3, -0.25) is 0 Å². The van der Waals surface area contributed by atoms with Crippen LogP contribution in [0.3, 0.4) is 0 Å². The van der Waals surface area contributed by atoms with Crippen molar-refractivity contribution in [3.8, 4) is 0 Å². The van der Waals surface area contributed by atoms with E-state index in [2.05, 4.69) is 26.1 Å². The molecule has 0 fully saturated rings. The van der Waals surface area contributed by atoms with E-state index < -0.39 is 0 Å². The van der Waals surface area contributed by atoms with E-state index in [4.69, 9.17) is 4.42 Å². The topological polar surface area (TPSA) is 25.2 Å². The normalized spacial score (nSPS) is 12.2. The number of fused-ring (bicyclic) bond motifs is 1. The predicted octanol–water partition coefficient (Wildman–Crippen LogP) is 5.95. The highest BCUT2D eigenvalue weighted by molar-refractivity contribution is 5.96. The van der Waals surface area contributed by atoms with E-state index in [1.54, 1.807) is 12.1 Å². The van der Waals surface area contributed by atoms with Gasteiger partial charge in [-0.25, -0.2) is 4.39 Å². The molecule has 0 spiro atoms. The third-order valence-corrected chi connectivity index (χ3v) is 3.42. The van der Waals surface area contributed by atoms with Gasteiger partial charge in [-0.05, 0) is 56.7 Å². The average molecular weight is 309 g/mol. The van der Waals surface area contributed by atoms with Crippen molar-refractivity contribution < 1.29 is 8.81 Å². The minimum atomic E-state index is -0.235. The number of halogens is 1. The zero-order chi connectivity index (χ0) is 16.4. The van der Waals surface area contributed by atoms with Crippen molar-refractivity contribution >= 4 is 28.8 Å². The highest BCUT2D eigenvalue weighted by Gasteiger charge is 2.17. The van der Waals surface area contributed by atoms with Gasteiger partial charge in [0.15, 0.2) is 5.76 Å². The highest BCUT2D eigenvalue weighted by atomic mass is 19.1. The van der Waals surface area contributed by atoms with Gasteiger partial charge >= 0.3 is 0 Å². The minimum absolute atomic E-state index is 0.0783. The summed E-state index contributed by atoms with van der Waals surface area (Å²) in [5.41, 5.74) is 2.67. The Balaban J connectivity index is 2.02. The number of hydrogen-bond donors (Lipinski definition) is 1. The first kappa shape index (κ1) is 15.3. The molecule has 0 atom stereocenters. The summed E-state index contributed by atoms with van der Waals surface area (Å²) in [6.07, 6.45) is 3.84. The molecule has 23 heavy (non-hydrogen) atoms. The molecule has 0 saturated heterocycles. The van der Waals surface area contributed by atoms with Crippen LogP contribution in [-0.2, 0) is 0 Å². The number of hydrogen-bond acceptors (Lipinski definition) is 2. The molecule has 3 aromatic rings. The highest BCUT2D eigenvalue weighted by Crippen LogP contribution is 2.34. The van der Waals surface area contributed by atoms with Crippen molar-refractivity contribution in [2.75, 3.05) is 5.32 Å². The molecule has 0 saturated carbocycles. The monoisotopic (exact) mass is 309 g/mol. The second-order valence-electron chi connectivity index (χ2n) is 6.60. The van der Waals surface area contributed by atoms with E-state index >= 15 is 0 Å². The maximum Gasteiger partial charge on any atom is 0.151 e. The van der Waals surface area contributed by atoms with Gasteiger partial charge in [-0.1, -0.05) is 30.3 Å². The van der Waals surface area contributed by atoms with Crippen LogP contribution in [0.2, 0.25) is 0 Å². The van der Waals surface area contributed by atoms with E-state index in [9.17, 15) is 4.39 Å². The average Bonchev–Trinajstić information content (AvgIpc) is 2.83. The Morgan fingerprint density at radius 1 is 0.957 bits per heavy atom. The van der Waals surface area contributed by atoms with Crippen molar-refractivity contribution in [2.24, 2.45) is 0 Å². The van der Waals surface area contributed by atoms with Gasteiger partial charge in [0.1, 0.15) is 11.4 Å². The smallest absolute Gasteiger partial charge is 0.151 e. The summed E-state index contributed by atoms with van der Waals surface area (Å²) in [6, 6.07) is 14.3. The Morgan fingerprint density at radius 3 is 2.35 bits per heavy atom. The number of benzene rings is 2. The molecule has 0 aliphatic rings. The maximum absolute atomic E-state index is 13.0. The number of para-hydroxylation sites is 1.